The second-order valence-electron chi connectivity index (χ2n) is 6.63. The monoisotopic (exact) mass is 291 g/mol. The van der Waals surface area contributed by atoms with Gasteiger partial charge in [0.1, 0.15) is 0 Å². The number of hydrogen-bond acceptors (Lipinski definition) is 2. The Kier molecular flexibility index (Phi) is 4.45. The Morgan fingerprint density at radius 2 is 2.35 bits per heavy atom. The molecule has 1 N–H and O–H groups in total. The molecule has 0 aromatic carbocycles. The third kappa shape index (κ3) is 3.25. The summed E-state index contributed by atoms with van der Waals surface area (Å²) in [4.78, 5) is 13.4. The summed E-state index contributed by atoms with van der Waals surface area (Å²) in [5.41, 5.74) is 0. The van der Waals surface area contributed by atoms with Crippen molar-refractivity contribution in [1.82, 2.24) is 5.32 Å². The quantitative estimate of drug-likeness (QED) is 0.843. The molecular formula is C17H25NOS. The van der Waals surface area contributed by atoms with E-state index in [1.54, 1.807) is 11.3 Å². The second-order valence-corrected chi connectivity index (χ2v) is 7.66. The van der Waals surface area contributed by atoms with Gasteiger partial charge in [0.2, 0.25) is 5.91 Å². The van der Waals surface area contributed by atoms with Crippen LogP contribution in [-0.4, -0.2) is 11.9 Å². The van der Waals surface area contributed by atoms with Crippen LogP contribution in [0, 0.1) is 17.8 Å². The first-order valence-electron chi connectivity index (χ1n) is 8.04. The fraction of sp³-hybridized carbons (Fsp3) is 0.706. The van der Waals surface area contributed by atoms with E-state index in [1.165, 1.54) is 30.6 Å². The van der Waals surface area contributed by atoms with Gasteiger partial charge in [-0.1, -0.05) is 12.5 Å². The van der Waals surface area contributed by atoms with Crippen LogP contribution in [0.3, 0.4) is 0 Å². The summed E-state index contributed by atoms with van der Waals surface area (Å²) in [5.74, 6) is 2.84. The van der Waals surface area contributed by atoms with Gasteiger partial charge in [0.05, 0.1) is 0 Å². The van der Waals surface area contributed by atoms with E-state index in [2.05, 4.69) is 29.8 Å². The van der Waals surface area contributed by atoms with Crippen LogP contribution >= 0.6 is 11.3 Å². The number of rotatable bonds is 6. The molecule has 3 heteroatoms. The van der Waals surface area contributed by atoms with Crippen molar-refractivity contribution in [3.63, 3.8) is 0 Å². The first-order chi connectivity index (χ1) is 9.72. The Morgan fingerprint density at radius 1 is 1.45 bits per heavy atom. The van der Waals surface area contributed by atoms with Crippen molar-refractivity contribution in [2.45, 2.75) is 57.9 Å². The maximum atomic E-state index is 12.0. The molecule has 2 bridgehead atoms. The molecule has 3 rings (SSSR count). The van der Waals surface area contributed by atoms with Crippen molar-refractivity contribution in [2.24, 2.45) is 17.8 Å². The number of nitrogens with one attached hydrogen (secondary N) is 1. The molecule has 2 saturated carbocycles. The molecule has 2 fully saturated rings. The predicted octanol–water partition coefficient (Wildman–Crippen LogP) is 4.01. The molecule has 1 heterocycles. The van der Waals surface area contributed by atoms with Gasteiger partial charge in [-0.15, -0.1) is 11.3 Å². The Balaban J connectivity index is 1.38. The highest BCUT2D eigenvalue weighted by Crippen LogP contribution is 2.49. The lowest BCUT2D eigenvalue weighted by Crippen LogP contribution is -2.40. The SMILES string of the molecule is C[C@H](NC(=O)CCCc1cccs1)[C@@H]1C[C@H]2CC[C@H]1C2. The minimum absolute atomic E-state index is 0.247. The molecule has 20 heavy (non-hydrogen) atoms. The van der Waals surface area contributed by atoms with Crippen molar-refractivity contribution in [2.75, 3.05) is 0 Å². The first kappa shape index (κ1) is 14.1. The Labute approximate surface area is 126 Å². The molecule has 1 amide bonds. The minimum Gasteiger partial charge on any atom is -0.353 e. The molecule has 2 aliphatic carbocycles. The summed E-state index contributed by atoms with van der Waals surface area (Å²) in [6.45, 7) is 2.21. The molecule has 4 atom stereocenters. The first-order valence-corrected chi connectivity index (χ1v) is 8.92. The van der Waals surface area contributed by atoms with Crippen molar-refractivity contribution >= 4 is 17.2 Å². The van der Waals surface area contributed by atoms with Gasteiger partial charge in [0.25, 0.3) is 0 Å². The van der Waals surface area contributed by atoms with Crippen molar-refractivity contribution in [1.29, 1.82) is 0 Å². The molecule has 0 radical (unpaired) electrons. The smallest absolute Gasteiger partial charge is 0.220 e. The van der Waals surface area contributed by atoms with Gasteiger partial charge in [0, 0.05) is 17.3 Å². The average molecular weight is 291 g/mol. The third-order valence-corrected chi connectivity index (χ3v) is 6.17. The molecule has 1 aromatic heterocycles. The van der Waals surface area contributed by atoms with Gasteiger partial charge in [0.15, 0.2) is 0 Å². The number of carbonyl (C=O) groups is 1. The average Bonchev–Trinajstić information content (AvgIpc) is 3.15. The topological polar surface area (TPSA) is 29.1 Å². The van der Waals surface area contributed by atoms with E-state index in [0.717, 1.165) is 30.6 Å². The van der Waals surface area contributed by atoms with Crippen LogP contribution < -0.4 is 5.32 Å². The lowest BCUT2D eigenvalue weighted by molar-refractivity contribution is -0.122. The minimum atomic E-state index is 0.247. The molecule has 2 aliphatic rings. The van der Waals surface area contributed by atoms with E-state index in [-0.39, 0.29) is 5.91 Å². The zero-order valence-corrected chi connectivity index (χ0v) is 13.1. The molecule has 1 aromatic rings. The standard InChI is InChI=1S/C17H25NOS/c1-12(16-11-13-7-8-14(16)10-13)18-17(19)6-2-4-15-5-3-9-20-15/h3,5,9,12-14,16H,2,4,6-8,10-11H2,1H3,(H,18,19)/t12-,13-,14-,16-/m0/s1. The summed E-state index contributed by atoms with van der Waals surface area (Å²) in [6, 6.07) is 4.61. The molecule has 110 valence electrons. The van der Waals surface area contributed by atoms with E-state index < -0.39 is 0 Å². The summed E-state index contributed by atoms with van der Waals surface area (Å²) in [7, 11) is 0. The number of amides is 1. The largest absolute Gasteiger partial charge is 0.353 e. The van der Waals surface area contributed by atoms with Crippen LogP contribution in [-0.2, 0) is 11.2 Å². The highest BCUT2D eigenvalue weighted by Gasteiger charge is 2.41. The van der Waals surface area contributed by atoms with E-state index in [4.69, 9.17) is 0 Å². The number of thiophene rings is 1. The molecule has 0 aliphatic heterocycles. The van der Waals surface area contributed by atoms with E-state index >= 15 is 0 Å². The van der Waals surface area contributed by atoms with Gasteiger partial charge in [-0.2, -0.15) is 0 Å². The number of hydrogen-bond donors (Lipinski definition) is 1. The van der Waals surface area contributed by atoms with E-state index in [0.29, 0.717) is 12.5 Å². The Morgan fingerprint density at radius 3 is 3.00 bits per heavy atom. The highest BCUT2D eigenvalue weighted by molar-refractivity contribution is 7.09. The molecule has 0 spiro atoms. The van der Waals surface area contributed by atoms with Crippen molar-refractivity contribution < 1.29 is 4.79 Å². The fourth-order valence-electron chi connectivity index (χ4n) is 4.22. The van der Waals surface area contributed by atoms with Crippen LogP contribution in [0.1, 0.15) is 50.3 Å². The Hall–Kier alpha value is -0.830. The highest BCUT2D eigenvalue weighted by atomic mass is 32.1. The molecular weight excluding hydrogens is 266 g/mol. The summed E-state index contributed by atoms with van der Waals surface area (Å²) in [6.07, 6.45) is 8.27. The predicted molar refractivity (Wildman–Crippen MR) is 83.8 cm³/mol. The molecule has 2 nitrogen and oxygen atoms in total. The second kappa shape index (κ2) is 6.30. The van der Waals surface area contributed by atoms with E-state index in [9.17, 15) is 4.79 Å². The number of carbonyl (C=O) groups excluding carboxylic acids is 1. The zero-order chi connectivity index (χ0) is 13.9. The van der Waals surface area contributed by atoms with Gasteiger partial charge < -0.3 is 5.32 Å². The Bertz CT molecular complexity index is 442. The van der Waals surface area contributed by atoms with Gasteiger partial charge in [-0.05, 0) is 68.2 Å². The summed E-state index contributed by atoms with van der Waals surface area (Å²) in [5, 5.41) is 5.36. The van der Waals surface area contributed by atoms with Crippen LogP contribution in [0.15, 0.2) is 17.5 Å². The fourth-order valence-corrected chi connectivity index (χ4v) is 4.97. The molecule has 0 saturated heterocycles. The number of aryl methyl sites for hydroxylation is 1. The molecule has 0 unspecified atom stereocenters. The van der Waals surface area contributed by atoms with Crippen LogP contribution in [0.5, 0.6) is 0 Å². The van der Waals surface area contributed by atoms with Gasteiger partial charge in [-0.3, -0.25) is 4.79 Å². The summed E-state index contributed by atoms with van der Waals surface area (Å²) >= 11 is 1.79. The maximum Gasteiger partial charge on any atom is 0.220 e. The lowest BCUT2D eigenvalue weighted by atomic mass is 9.84. The zero-order valence-electron chi connectivity index (χ0n) is 12.3. The van der Waals surface area contributed by atoms with Crippen molar-refractivity contribution in [3.05, 3.63) is 22.4 Å². The van der Waals surface area contributed by atoms with E-state index in [1.807, 2.05) is 0 Å². The third-order valence-electron chi connectivity index (χ3n) is 5.23. The van der Waals surface area contributed by atoms with Crippen molar-refractivity contribution in [3.8, 4) is 0 Å². The maximum absolute atomic E-state index is 12.0. The normalized spacial score (nSPS) is 29.6. The van der Waals surface area contributed by atoms with Crippen LogP contribution in [0.25, 0.3) is 0 Å². The summed E-state index contributed by atoms with van der Waals surface area (Å²) < 4.78 is 0. The van der Waals surface area contributed by atoms with Gasteiger partial charge in [-0.25, -0.2) is 0 Å². The van der Waals surface area contributed by atoms with Gasteiger partial charge >= 0.3 is 0 Å². The van der Waals surface area contributed by atoms with Crippen LogP contribution in [0.4, 0.5) is 0 Å². The van der Waals surface area contributed by atoms with Crippen LogP contribution in [0.2, 0.25) is 0 Å². The lowest BCUT2D eigenvalue weighted by Gasteiger charge is -2.28. The number of fused-ring (bicyclic) bond motifs is 2.